The van der Waals surface area contributed by atoms with E-state index >= 15 is 0 Å². The molecule has 0 N–H and O–H groups in total. The molecule has 2 saturated heterocycles. The maximum Gasteiger partial charge on any atom is 0.218 e. The van der Waals surface area contributed by atoms with Gasteiger partial charge in [0.15, 0.2) is 5.78 Å². The number of allylic oxidation sites excluding steroid dienone is 2. The zero-order chi connectivity index (χ0) is 9.71. The second-order valence-corrected chi connectivity index (χ2v) is 4.45. The van der Waals surface area contributed by atoms with Gasteiger partial charge in [0.2, 0.25) is 6.29 Å². The normalized spacial score (nSPS) is 50.6. The summed E-state index contributed by atoms with van der Waals surface area (Å²) >= 11 is 0. The van der Waals surface area contributed by atoms with Crippen LogP contribution >= 0.6 is 0 Å². The van der Waals surface area contributed by atoms with E-state index in [4.69, 9.17) is 9.47 Å². The van der Waals surface area contributed by atoms with Crippen LogP contribution in [0.4, 0.5) is 0 Å². The number of Topliss-reactive ketones (excluding diaryl/α,β-unsaturated/α-hetero) is 1. The SMILES string of the molecule is C[C@@H]1C=CC[C@@H]2C3COC(O3)C(=O)[C@H]12. The lowest BCUT2D eigenvalue weighted by Crippen LogP contribution is -2.47. The zero-order valence-electron chi connectivity index (χ0n) is 8.18. The average molecular weight is 194 g/mol. The van der Waals surface area contributed by atoms with Crippen LogP contribution in [0.2, 0.25) is 0 Å². The Kier molecular flexibility index (Phi) is 1.79. The van der Waals surface area contributed by atoms with Crippen molar-refractivity contribution in [3.8, 4) is 0 Å². The van der Waals surface area contributed by atoms with Gasteiger partial charge in [0.05, 0.1) is 12.7 Å². The Hall–Kier alpha value is -0.670. The van der Waals surface area contributed by atoms with E-state index in [2.05, 4.69) is 19.1 Å². The Morgan fingerprint density at radius 3 is 3.21 bits per heavy atom. The van der Waals surface area contributed by atoms with Gasteiger partial charge in [-0.25, -0.2) is 0 Å². The molecule has 0 aromatic rings. The van der Waals surface area contributed by atoms with Crippen LogP contribution in [-0.2, 0) is 14.3 Å². The first-order valence-corrected chi connectivity index (χ1v) is 5.25. The number of carbonyl (C=O) groups is 1. The van der Waals surface area contributed by atoms with Crippen molar-refractivity contribution >= 4 is 5.78 Å². The van der Waals surface area contributed by atoms with Crippen molar-refractivity contribution in [2.24, 2.45) is 17.8 Å². The molecule has 0 radical (unpaired) electrons. The molecular weight excluding hydrogens is 180 g/mol. The highest BCUT2D eigenvalue weighted by molar-refractivity contribution is 5.86. The average Bonchev–Trinajstić information content (AvgIpc) is 2.60. The summed E-state index contributed by atoms with van der Waals surface area (Å²) in [6.45, 7) is 2.70. The smallest absolute Gasteiger partial charge is 0.218 e. The van der Waals surface area contributed by atoms with Gasteiger partial charge in [0.1, 0.15) is 0 Å². The van der Waals surface area contributed by atoms with E-state index in [1.807, 2.05) is 0 Å². The summed E-state index contributed by atoms with van der Waals surface area (Å²) < 4.78 is 10.9. The molecule has 3 rings (SSSR count). The molecule has 1 aliphatic carbocycles. The van der Waals surface area contributed by atoms with Crippen LogP contribution < -0.4 is 0 Å². The third kappa shape index (κ3) is 1.03. The molecule has 2 bridgehead atoms. The molecule has 0 saturated carbocycles. The minimum absolute atomic E-state index is 0.131. The van der Waals surface area contributed by atoms with Crippen molar-refractivity contribution in [2.45, 2.75) is 25.7 Å². The fraction of sp³-hybridized carbons (Fsp3) is 0.727. The van der Waals surface area contributed by atoms with Gasteiger partial charge < -0.3 is 9.47 Å². The van der Waals surface area contributed by atoms with Gasteiger partial charge in [0.25, 0.3) is 0 Å². The highest BCUT2D eigenvalue weighted by atomic mass is 16.7. The summed E-state index contributed by atoms with van der Waals surface area (Å²) in [5.74, 6) is 0.977. The molecule has 2 unspecified atom stereocenters. The monoisotopic (exact) mass is 194 g/mol. The third-order valence-corrected chi connectivity index (χ3v) is 3.62. The van der Waals surface area contributed by atoms with Crippen LogP contribution in [0.1, 0.15) is 13.3 Å². The van der Waals surface area contributed by atoms with Crippen molar-refractivity contribution in [1.29, 1.82) is 0 Å². The summed E-state index contributed by atoms with van der Waals surface area (Å²) in [4.78, 5) is 11.9. The Morgan fingerprint density at radius 2 is 2.36 bits per heavy atom. The van der Waals surface area contributed by atoms with Gasteiger partial charge in [-0.3, -0.25) is 4.79 Å². The van der Waals surface area contributed by atoms with E-state index in [1.165, 1.54) is 0 Å². The lowest BCUT2D eigenvalue weighted by molar-refractivity contribution is -0.168. The highest BCUT2D eigenvalue weighted by Gasteiger charge is 2.51. The van der Waals surface area contributed by atoms with Crippen molar-refractivity contribution in [3.05, 3.63) is 12.2 Å². The molecule has 76 valence electrons. The molecule has 3 nitrogen and oxygen atoms in total. The second kappa shape index (κ2) is 2.91. The van der Waals surface area contributed by atoms with Crippen LogP contribution in [0.3, 0.4) is 0 Å². The summed E-state index contributed by atoms with van der Waals surface area (Å²) in [5.41, 5.74) is 0. The molecule has 2 aliphatic heterocycles. The summed E-state index contributed by atoms with van der Waals surface area (Å²) in [7, 11) is 0. The van der Waals surface area contributed by atoms with Gasteiger partial charge in [-0.1, -0.05) is 19.1 Å². The van der Waals surface area contributed by atoms with Crippen molar-refractivity contribution < 1.29 is 14.3 Å². The fourth-order valence-electron chi connectivity index (χ4n) is 2.91. The van der Waals surface area contributed by atoms with Gasteiger partial charge in [-0.2, -0.15) is 0 Å². The van der Waals surface area contributed by atoms with Crippen LogP contribution in [-0.4, -0.2) is 24.8 Å². The molecule has 3 heteroatoms. The Balaban J connectivity index is 1.97. The van der Waals surface area contributed by atoms with E-state index in [9.17, 15) is 4.79 Å². The first-order chi connectivity index (χ1) is 6.77. The topological polar surface area (TPSA) is 35.5 Å². The molecule has 0 aromatic carbocycles. The minimum atomic E-state index is -0.560. The first kappa shape index (κ1) is 8.62. The van der Waals surface area contributed by atoms with Gasteiger partial charge >= 0.3 is 0 Å². The number of hydrogen-bond donors (Lipinski definition) is 0. The summed E-state index contributed by atoms with van der Waals surface area (Å²) in [5, 5.41) is 0. The number of rotatable bonds is 0. The third-order valence-electron chi connectivity index (χ3n) is 3.62. The number of fused-ring (bicyclic) bond motifs is 4. The number of hydrogen-bond acceptors (Lipinski definition) is 3. The van der Waals surface area contributed by atoms with Gasteiger partial charge in [-0.05, 0) is 12.3 Å². The van der Waals surface area contributed by atoms with Crippen molar-refractivity contribution in [2.75, 3.05) is 6.61 Å². The standard InChI is InChI=1S/C11H14O3/c1-6-3-2-4-7-8-5-13-11(14-8)10(12)9(6)7/h2-3,6-9,11H,4-5H2,1H3/t6-,7-,8?,9-,11?/m1/s1. The molecule has 0 spiro atoms. The maximum atomic E-state index is 11.9. The van der Waals surface area contributed by atoms with Crippen LogP contribution in [0.15, 0.2) is 12.2 Å². The van der Waals surface area contributed by atoms with E-state index in [0.29, 0.717) is 18.4 Å². The Labute approximate surface area is 83.1 Å². The second-order valence-electron chi connectivity index (χ2n) is 4.45. The van der Waals surface area contributed by atoms with Crippen molar-refractivity contribution in [3.63, 3.8) is 0 Å². The van der Waals surface area contributed by atoms with Gasteiger partial charge in [0, 0.05) is 11.8 Å². The van der Waals surface area contributed by atoms with Crippen molar-refractivity contribution in [1.82, 2.24) is 0 Å². The summed E-state index contributed by atoms with van der Waals surface area (Å²) in [6.07, 6.45) is 4.86. The molecule has 0 aromatic heterocycles. The molecule has 5 atom stereocenters. The van der Waals surface area contributed by atoms with E-state index in [-0.39, 0.29) is 17.8 Å². The molecule has 14 heavy (non-hydrogen) atoms. The van der Waals surface area contributed by atoms with E-state index in [1.54, 1.807) is 0 Å². The Morgan fingerprint density at radius 1 is 1.50 bits per heavy atom. The fourth-order valence-corrected chi connectivity index (χ4v) is 2.91. The van der Waals surface area contributed by atoms with Crippen LogP contribution in [0.25, 0.3) is 0 Å². The van der Waals surface area contributed by atoms with Crippen LogP contribution in [0, 0.1) is 17.8 Å². The summed E-state index contributed by atoms with van der Waals surface area (Å²) in [6, 6.07) is 0. The predicted molar refractivity (Wildman–Crippen MR) is 49.5 cm³/mol. The Bertz CT molecular complexity index is 297. The zero-order valence-corrected chi connectivity index (χ0v) is 8.18. The molecule has 0 amide bonds. The minimum Gasteiger partial charge on any atom is -0.343 e. The number of ether oxygens (including phenoxy) is 2. The lowest BCUT2D eigenvalue weighted by atomic mass is 9.71. The lowest BCUT2D eigenvalue weighted by Gasteiger charge is -2.38. The molecule has 3 aliphatic rings. The number of ketones is 1. The molecular formula is C11H14O3. The quantitative estimate of drug-likeness (QED) is 0.542. The first-order valence-electron chi connectivity index (χ1n) is 5.25. The predicted octanol–water partition coefficient (Wildman–Crippen LogP) is 1.14. The highest BCUT2D eigenvalue weighted by Crippen LogP contribution is 2.42. The molecule has 2 fully saturated rings. The van der Waals surface area contributed by atoms with Crippen LogP contribution in [0.5, 0.6) is 0 Å². The van der Waals surface area contributed by atoms with Gasteiger partial charge in [-0.15, -0.1) is 0 Å². The molecule has 2 heterocycles. The number of carbonyl (C=O) groups excluding carboxylic acids is 1. The van der Waals surface area contributed by atoms with E-state index in [0.717, 1.165) is 6.42 Å². The van der Waals surface area contributed by atoms with E-state index < -0.39 is 6.29 Å². The largest absolute Gasteiger partial charge is 0.343 e. The maximum absolute atomic E-state index is 11.9.